The monoisotopic (exact) mass is 183 g/mol. The minimum absolute atomic E-state index is 0.254. The summed E-state index contributed by atoms with van der Waals surface area (Å²) in [7, 11) is -3.99. The van der Waals surface area contributed by atoms with E-state index in [1.165, 1.54) is 11.8 Å². The first-order valence-electron chi connectivity index (χ1n) is 2.97. The lowest BCUT2D eigenvalue weighted by Gasteiger charge is -2.07. The Labute approximate surface area is 66.0 Å². The van der Waals surface area contributed by atoms with Crippen LogP contribution in [0, 0.1) is 0 Å². The fourth-order valence-electron chi connectivity index (χ4n) is 0.386. The normalized spacial score (nSPS) is 12.4. The van der Waals surface area contributed by atoms with Crippen LogP contribution in [0.3, 0.4) is 0 Å². The molecule has 0 radical (unpaired) electrons. The van der Waals surface area contributed by atoms with Crippen LogP contribution in [0.25, 0.3) is 0 Å². The predicted molar refractivity (Wildman–Crippen MR) is 42.2 cm³/mol. The molecule has 0 rings (SSSR count). The van der Waals surface area contributed by atoms with Crippen molar-refractivity contribution in [3.05, 3.63) is 0 Å². The van der Waals surface area contributed by atoms with Crippen molar-refractivity contribution in [3.63, 3.8) is 0 Å². The molecule has 0 aliphatic carbocycles. The third-order valence-corrected chi connectivity index (χ3v) is 2.85. The van der Waals surface area contributed by atoms with Gasteiger partial charge in [0, 0.05) is 11.5 Å². The number of hydrogen-bond donors (Lipinski definition) is 0. The van der Waals surface area contributed by atoms with E-state index >= 15 is 0 Å². The zero-order chi connectivity index (χ0) is 8.20. The molecule has 0 atom stereocenters. The van der Waals surface area contributed by atoms with Gasteiger partial charge in [-0.05, 0) is 5.25 Å². The summed E-state index contributed by atoms with van der Waals surface area (Å²) in [6.07, 6.45) is 0. The molecule has 0 aromatic rings. The predicted octanol–water partition coefficient (Wildman–Crippen LogP) is 0.673. The van der Waals surface area contributed by atoms with Gasteiger partial charge in [0.2, 0.25) is 0 Å². The SMILES string of the molecule is CC(C)SCCS(=O)(=O)[O-]. The van der Waals surface area contributed by atoms with Crippen molar-refractivity contribution < 1.29 is 13.0 Å². The van der Waals surface area contributed by atoms with Crippen molar-refractivity contribution in [2.45, 2.75) is 19.1 Å². The van der Waals surface area contributed by atoms with Crippen LogP contribution in [0.5, 0.6) is 0 Å². The molecular formula is C5H11O3S2-. The summed E-state index contributed by atoms with van der Waals surface area (Å²) in [5.41, 5.74) is 0. The Morgan fingerprint density at radius 3 is 2.30 bits per heavy atom. The van der Waals surface area contributed by atoms with Crippen molar-refractivity contribution in [2.24, 2.45) is 0 Å². The fourth-order valence-corrected chi connectivity index (χ4v) is 2.06. The van der Waals surface area contributed by atoms with Gasteiger partial charge in [-0.2, -0.15) is 11.8 Å². The van der Waals surface area contributed by atoms with Crippen molar-refractivity contribution in [3.8, 4) is 0 Å². The average Bonchev–Trinajstić information content (AvgIpc) is 1.59. The zero-order valence-corrected chi connectivity index (χ0v) is 7.67. The van der Waals surface area contributed by atoms with Crippen LogP contribution >= 0.6 is 11.8 Å². The van der Waals surface area contributed by atoms with Crippen molar-refractivity contribution in [2.75, 3.05) is 11.5 Å². The molecular weight excluding hydrogens is 172 g/mol. The van der Waals surface area contributed by atoms with Gasteiger partial charge in [0.15, 0.2) is 0 Å². The molecule has 0 spiro atoms. The Morgan fingerprint density at radius 2 is 2.00 bits per heavy atom. The highest BCUT2D eigenvalue weighted by atomic mass is 32.2. The second kappa shape index (κ2) is 4.20. The van der Waals surface area contributed by atoms with E-state index in [4.69, 9.17) is 0 Å². The van der Waals surface area contributed by atoms with Gasteiger partial charge in [-0.3, -0.25) is 0 Å². The van der Waals surface area contributed by atoms with Crippen LogP contribution in [0.15, 0.2) is 0 Å². The molecule has 0 aromatic heterocycles. The third kappa shape index (κ3) is 8.26. The first-order chi connectivity index (χ1) is 4.42. The molecule has 0 N–H and O–H groups in total. The van der Waals surface area contributed by atoms with E-state index in [-0.39, 0.29) is 5.75 Å². The van der Waals surface area contributed by atoms with Crippen LogP contribution in [0.1, 0.15) is 13.8 Å². The van der Waals surface area contributed by atoms with E-state index in [1.807, 2.05) is 13.8 Å². The molecule has 0 bridgehead atoms. The van der Waals surface area contributed by atoms with E-state index in [0.717, 1.165) is 0 Å². The quantitative estimate of drug-likeness (QED) is 0.601. The minimum Gasteiger partial charge on any atom is -0.748 e. The average molecular weight is 183 g/mol. The Kier molecular flexibility index (Phi) is 4.31. The maximum absolute atomic E-state index is 10.0. The van der Waals surface area contributed by atoms with Crippen molar-refractivity contribution in [1.29, 1.82) is 0 Å². The molecule has 62 valence electrons. The second-order valence-electron chi connectivity index (χ2n) is 2.18. The van der Waals surface area contributed by atoms with E-state index in [2.05, 4.69) is 0 Å². The van der Waals surface area contributed by atoms with E-state index < -0.39 is 10.1 Å². The summed E-state index contributed by atoms with van der Waals surface area (Å²) >= 11 is 1.48. The molecule has 0 aromatic carbocycles. The molecule has 3 nitrogen and oxygen atoms in total. The van der Waals surface area contributed by atoms with Crippen LogP contribution in [0.4, 0.5) is 0 Å². The highest BCUT2D eigenvalue weighted by Gasteiger charge is 1.97. The fraction of sp³-hybridized carbons (Fsp3) is 1.00. The highest BCUT2D eigenvalue weighted by Crippen LogP contribution is 2.08. The smallest absolute Gasteiger partial charge is 0.0954 e. The first-order valence-corrected chi connectivity index (χ1v) is 5.59. The molecule has 10 heavy (non-hydrogen) atoms. The van der Waals surface area contributed by atoms with Crippen molar-refractivity contribution >= 4 is 21.9 Å². The topological polar surface area (TPSA) is 57.2 Å². The van der Waals surface area contributed by atoms with E-state index in [9.17, 15) is 13.0 Å². The molecule has 0 aliphatic heterocycles. The van der Waals surface area contributed by atoms with E-state index in [1.54, 1.807) is 0 Å². The summed E-state index contributed by atoms with van der Waals surface area (Å²) in [4.78, 5) is 0. The van der Waals surface area contributed by atoms with Gasteiger partial charge in [-0.15, -0.1) is 0 Å². The van der Waals surface area contributed by atoms with Crippen molar-refractivity contribution in [1.82, 2.24) is 0 Å². The molecule has 0 unspecified atom stereocenters. The molecule has 0 fully saturated rings. The van der Waals surface area contributed by atoms with Gasteiger partial charge >= 0.3 is 0 Å². The molecule has 0 saturated carbocycles. The van der Waals surface area contributed by atoms with Gasteiger partial charge < -0.3 is 4.55 Å². The second-order valence-corrected chi connectivity index (χ2v) is 5.39. The standard InChI is InChI=1S/C5H12O3S2/c1-5(2)9-3-4-10(6,7)8/h5H,3-4H2,1-2H3,(H,6,7,8)/p-1. The van der Waals surface area contributed by atoms with Crippen LogP contribution in [-0.4, -0.2) is 29.7 Å². The Morgan fingerprint density at radius 1 is 1.50 bits per heavy atom. The summed E-state index contributed by atoms with van der Waals surface area (Å²) in [5.74, 6) is 0.152. The summed E-state index contributed by atoms with van der Waals surface area (Å²) in [5, 5.41) is 0.391. The summed E-state index contributed by atoms with van der Waals surface area (Å²) < 4.78 is 30.1. The molecule has 0 heterocycles. The minimum atomic E-state index is -3.99. The maximum Gasteiger partial charge on any atom is 0.0954 e. The van der Waals surface area contributed by atoms with Gasteiger partial charge in [0.1, 0.15) is 0 Å². The Hall–Kier alpha value is 0.260. The summed E-state index contributed by atoms with van der Waals surface area (Å²) in [6.45, 7) is 3.92. The Balaban J connectivity index is 3.39. The molecule has 5 heteroatoms. The Bertz CT molecular complexity index is 171. The van der Waals surface area contributed by atoms with Gasteiger partial charge in [-0.1, -0.05) is 13.8 Å². The summed E-state index contributed by atoms with van der Waals surface area (Å²) in [6, 6.07) is 0. The molecule has 0 saturated heterocycles. The lowest BCUT2D eigenvalue weighted by atomic mass is 10.6. The number of hydrogen-bond acceptors (Lipinski definition) is 4. The van der Waals surface area contributed by atoms with Gasteiger partial charge in [0.25, 0.3) is 0 Å². The molecule has 0 amide bonds. The van der Waals surface area contributed by atoms with Crippen LogP contribution in [-0.2, 0) is 10.1 Å². The zero-order valence-electron chi connectivity index (χ0n) is 6.03. The number of rotatable bonds is 4. The van der Waals surface area contributed by atoms with Crippen LogP contribution in [0.2, 0.25) is 0 Å². The first kappa shape index (κ1) is 10.3. The highest BCUT2D eigenvalue weighted by molar-refractivity contribution is 8.00. The molecule has 0 aliphatic rings. The third-order valence-electron chi connectivity index (χ3n) is 0.785. The van der Waals surface area contributed by atoms with Gasteiger partial charge in [-0.25, -0.2) is 8.42 Å². The van der Waals surface area contributed by atoms with E-state index in [0.29, 0.717) is 11.0 Å². The largest absolute Gasteiger partial charge is 0.748 e. The lowest BCUT2D eigenvalue weighted by Crippen LogP contribution is -2.07. The van der Waals surface area contributed by atoms with Gasteiger partial charge in [0.05, 0.1) is 10.1 Å². The van der Waals surface area contributed by atoms with Crippen LogP contribution < -0.4 is 0 Å². The lowest BCUT2D eigenvalue weighted by molar-refractivity contribution is 0.465. The maximum atomic E-state index is 10.0. The number of thioether (sulfide) groups is 1.